The SMILES string of the molecule is C#CCNCCN1CCC(C(C)C)CC1. The van der Waals surface area contributed by atoms with Crippen molar-refractivity contribution in [1.82, 2.24) is 10.2 Å². The molecule has 1 heterocycles. The monoisotopic (exact) mass is 208 g/mol. The van der Waals surface area contributed by atoms with Crippen molar-refractivity contribution < 1.29 is 0 Å². The highest BCUT2D eigenvalue weighted by Gasteiger charge is 2.20. The molecule has 0 bridgehead atoms. The molecule has 0 aromatic carbocycles. The average molecular weight is 208 g/mol. The number of likely N-dealkylation sites (tertiary alicyclic amines) is 1. The number of piperidine rings is 1. The third kappa shape index (κ3) is 4.68. The third-order valence-corrected chi connectivity index (χ3v) is 3.41. The fourth-order valence-corrected chi connectivity index (χ4v) is 2.24. The fourth-order valence-electron chi connectivity index (χ4n) is 2.24. The second-order valence-corrected chi connectivity index (χ2v) is 4.80. The normalized spacial score (nSPS) is 19.3. The molecular weight excluding hydrogens is 184 g/mol. The van der Waals surface area contributed by atoms with Gasteiger partial charge in [0.2, 0.25) is 0 Å². The van der Waals surface area contributed by atoms with Crippen LogP contribution in [0.3, 0.4) is 0 Å². The molecule has 15 heavy (non-hydrogen) atoms. The van der Waals surface area contributed by atoms with Gasteiger partial charge in [0.15, 0.2) is 0 Å². The van der Waals surface area contributed by atoms with E-state index in [2.05, 4.69) is 30.0 Å². The lowest BCUT2D eigenvalue weighted by Crippen LogP contribution is -2.39. The van der Waals surface area contributed by atoms with Crippen LogP contribution in [0.5, 0.6) is 0 Å². The van der Waals surface area contributed by atoms with Gasteiger partial charge in [-0.1, -0.05) is 19.8 Å². The molecule has 0 amide bonds. The summed E-state index contributed by atoms with van der Waals surface area (Å²) in [4.78, 5) is 2.54. The molecule has 0 aliphatic carbocycles. The van der Waals surface area contributed by atoms with Crippen molar-refractivity contribution >= 4 is 0 Å². The van der Waals surface area contributed by atoms with Gasteiger partial charge in [0.1, 0.15) is 0 Å². The Hall–Kier alpha value is -0.520. The summed E-state index contributed by atoms with van der Waals surface area (Å²) >= 11 is 0. The van der Waals surface area contributed by atoms with E-state index in [4.69, 9.17) is 6.42 Å². The Labute approximate surface area is 94.4 Å². The molecular formula is C13H24N2. The van der Waals surface area contributed by atoms with Crippen LogP contribution in [0.15, 0.2) is 0 Å². The summed E-state index contributed by atoms with van der Waals surface area (Å²) in [5.74, 6) is 4.40. The minimum atomic E-state index is 0.697. The predicted molar refractivity (Wildman–Crippen MR) is 65.7 cm³/mol. The van der Waals surface area contributed by atoms with Gasteiger partial charge in [-0.15, -0.1) is 6.42 Å². The van der Waals surface area contributed by atoms with Crippen molar-refractivity contribution in [3.63, 3.8) is 0 Å². The molecule has 1 N–H and O–H groups in total. The first kappa shape index (κ1) is 12.5. The van der Waals surface area contributed by atoms with Crippen molar-refractivity contribution in [2.45, 2.75) is 26.7 Å². The summed E-state index contributed by atoms with van der Waals surface area (Å²) in [5.41, 5.74) is 0. The first-order valence-corrected chi connectivity index (χ1v) is 6.10. The van der Waals surface area contributed by atoms with Crippen LogP contribution in [-0.4, -0.2) is 37.6 Å². The highest BCUT2D eigenvalue weighted by molar-refractivity contribution is 4.86. The molecule has 2 nitrogen and oxygen atoms in total. The molecule has 0 aromatic rings. The topological polar surface area (TPSA) is 15.3 Å². The smallest absolute Gasteiger partial charge is 0.0574 e. The summed E-state index contributed by atoms with van der Waals surface area (Å²) in [6, 6.07) is 0. The zero-order valence-corrected chi connectivity index (χ0v) is 10.1. The Morgan fingerprint density at radius 2 is 2.07 bits per heavy atom. The van der Waals surface area contributed by atoms with Gasteiger partial charge < -0.3 is 10.2 Å². The number of hydrogen-bond donors (Lipinski definition) is 1. The van der Waals surface area contributed by atoms with E-state index in [9.17, 15) is 0 Å². The molecule has 1 rings (SSSR count). The van der Waals surface area contributed by atoms with Crippen molar-refractivity contribution in [3.8, 4) is 12.3 Å². The van der Waals surface area contributed by atoms with E-state index in [1.54, 1.807) is 0 Å². The maximum Gasteiger partial charge on any atom is 0.0574 e. The molecule has 0 radical (unpaired) electrons. The Kier molecular flexibility index (Phi) is 5.75. The van der Waals surface area contributed by atoms with E-state index in [0.29, 0.717) is 6.54 Å². The van der Waals surface area contributed by atoms with Gasteiger partial charge in [-0.25, -0.2) is 0 Å². The van der Waals surface area contributed by atoms with Gasteiger partial charge in [-0.2, -0.15) is 0 Å². The number of nitrogens with one attached hydrogen (secondary N) is 1. The van der Waals surface area contributed by atoms with Crippen molar-refractivity contribution in [2.24, 2.45) is 11.8 Å². The van der Waals surface area contributed by atoms with E-state index < -0.39 is 0 Å². The van der Waals surface area contributed by atoms with E-state index in [1.165, 1.54) is 25.9 Å². The lowest BCUT2D eigenvalue weighted by Gasteiger charge is -2.33. The second-order valence-electron chi connectivity index (χ2n) is 4.80. The molecule has 86 valence electrons. The highest BCUT2D eigenvalue weighted by atomic mass is 15.1. The lowest BCUT2D eigenvalue weighted by molar-refractivity contribution is 0.159. The number of terminal acetylenes is 1. The van der Waals surface area contributed by atoms with Crippen molar-refractivity contribution in [3.05, 3.63) is 0 Å². The summed E-state index contributed by atoms with van der Waals surface area (Å²) in [6.07, 6.45) is 7.91. The Balaban J connectivity index is 2.07. The molecule has 0 unspecified atom stereocenters. The van der Waals surface area contributed by atoms with Crippen LogP contribution < -0.4 is 5.32 Å². The van der Waals surface area contributed by atoms with Crippen LogP contribution in [0.25, 0.3) is 0 Å². The first-order chi connectivity index (χ1) is 7.24. The minimum Gasteiger partial charge on any atom is -0.305 e. The molecule has 1 aliphatic heterocycles. The molecule has 0 saturated carbocycles. The van der Waals surface area contributed by atoms with Crippen molar-refractivity contribution in [1.29, 1.82) is 0 Å². The summed E-state index contributed by atoms with van der Waals surface area (Å²) in [5, 5.41) is 3.24. The first-order valence-electron chi connectivity index (χ1n) is 6.10. The maximum atomic E-state index is 5.17. The van der Waals surface area contributed by atoms with Gasteiger partial charge in [-0.3, -0.25) is 0 Å². The lowest BCUT2D eigenvalue weighted by atomic mass is 9.87. The summed E-state index contributed by atoms with van der Waals surface area (Å²) < 4.78 is 0. The average Bonchev–Trinajstić information content (AvgIpc) is 2.25. The van der Waals surface area contributed by atoms with Crippen LogP contribution in [0.1, 0.15) is 26.7 Å². The molecule has 0 spiro atoms. The van der Waals surface area contributed by atoms with Crippen LogP contribution >= 0.6 is 0 Å². The zero-order valence-electron chi connectivity index (χ0n) is 10.1. The van der Waals surface area contributed by atoms with Crippen LogP contribution in [-0.2, 0) is 0 Å². The molecule has 0 atom stereocenters. The van der Waals surface area contributed by atoms with Crippen LogP contribution in [0.4, 0.5) is 0 Å². The van der Waals surface area contributed by atoms with Crippen LogP contribution in [0.2, 0.25) is 0 Å². The molecule has 1 saturated heterocycles. The summed E-state index contributed by atoms with van der Waals surface area (Å²) in [7, 11) is 0. The molecule has 1 fully saturated rings. The molecule has 1 aliphatic rings. The standard InChI is InChI=1S/C13H24N2/c1-4-7-14-8-11-15-9-5-13(6-10-15)12(2)3/h1,12-14H,5-11H2,2-3H3. The Morgan fingerprint density at radius 1 is 1.40 bits per heavy atom. The maximum absolute atomic E-state index is 5.17. The largest absolute Gasteiger partial charge is 0.305 e. The summed E-state index contributed by atoms with van der Waals surface area (Å²) in [6.45, 7) is 10.1. The molecule has 0 aromatic heterocycles. The second kappa shape index (κ2) is 6.87. The number of hydrogen-bond acceptors (Lipinski definition) is 2. The predicted octanol–water partition coefficient (Wildman–Crippen LogP) is 1.58. The van der Waals surface area contributed by atoms with Gasteiger partial charge in [0.25, 0.3) is 0 Å². The van der Waals surface area contributed by atoms with E-state index >= 15 is 0 Å². The van der Waals surface area contributed by atoms with E-state index in [1.807, 2.05) is 0 Å². The van der Waals surface area contributed by atoms with Gasteiger partial charge in [0, 0.05) is 13.1 Å². The number of nitrogens with zero attached hydrogens (tertiary/aromatic N) is 1. The van der Waals surface area contributed by atoms with E-state index in [0.717, 1.165) is 24.9 Å². The van der Waals surface area contributed by atoms with E-state index in [-0.39, 0.29) is 0 Å². The van der Waals surface area contributed by atoms with Crippen molar-refractivity contribution in [2.75, 3.05) is 32.7 Å². The van der Waals surface area contributed by atoms with Gasteiger partial charge >= 0.3 is 0 Å². The number of rotatable bonds is 5. The molecule has 2 heteroatoms. The minimum absolute atomic E-state index is 0.697. The van der Waals surface area contributed by atoms with Crippen LogP contribution in [0, 0.1) is 24.2 Å². The Bertz CT molecular complexity index is 197. The Morgan fingerprint density at radius 3 is 2.60 bits per heavy atom. The van der Waals surface area contributed by atoms with Gasteiger partial charge in [-0.05, 0) is 37.8 Å². The highest BCUT2D eigenvalue weighted by Crippen LogP contribution is 2.23. The van der Waals surface area contributed by atoms with Gasteiger partial charge in [0.05, 0.1) is 6.54 Å². The quantitative estimate of drug-likeness (QED) is 0.545. The fraction of sp³-hybridized carbons (Fsp3) is 0.846. The zero-order chi connectivity index (χ0) is 11.1. The third-order valence-electron chi connectivity index (χ3n) is 3.41.